The van der Waals surface area contributed by atoms with Gasteiger partial charge in [-0.15, -0.1) is 0 Å². The molecule has 5 nitrogen and oxygen atoms in total. The third-order valence-corrected chi connectivity index (χ3v) is 7.25. The van der Waals surface area contributed by atoms with Gasteiger partial charge in [-0.25, -0.2) is 8.42 Å². The lowest BCUT2D eigenvalue weighted by molar-refractivity contribution is -0.115. The number of anilines is 1. The van der Waals surface area contributed by atoms with Crippen LogP contribution in [0.3, 0.4) is 0 Å². The first-order valence-electron chi connectivity index (χ1n) is 9.65. The third kappa shape index (κ3) is 5.42. The van der Waals surface area contributed by atoms with Crippen molar-refractivity contribution in [2.24, 2.45) is 5.41 Å². The molecule has 0 amide bonds. The van der Waals surface area contributed by atoms with Crippen molar-refractivity contribution in [3.63, 3.8) is 0 Å². The third-order valence-electron chi connectivity index (χ3n) is 5.22. The molecule has 1 atom stereocenters. The van der Waals surface area contributed by atoms with Crippen molar-refractivity contribution in [2.45, 2.75) is 50.8 Å². The first kappa shape index (κ1) is 22.1. The molecule has 152 valence electrons. The summed E-state index contributed by atoms with van der Waals surface area (Å²) in [6, 6.07) is 14.2. The minimum absolute atomic E-state index is 0.201. The first-order chi connectivity index (χ1) is 13.4. The Hall–Kier alpha value is -2.18. The van der Waals surface area contributed by atoms with E-state index >= 15 is 0 Å². The highest BCUT2D eigenvalue weighted by atomic mass is 32.2. The van der Waals surface area contributed by atoms with E-state index in [0.717, 1.165) is 24.7 Å². The van der Waals surface area contributed by atoms with E-state index in [1.807, 2.05) is 44.2 Å². The topological polar surface area (TPSA) is 83.5 Å². The Morgan fingerprint density at radius 2 is 1.82 bits per heavy atom. The summed E-state index contributed by atoms with van der Waals surface area (Å²) in [5.41, 5.74) is 3.20. The SMILES string of the molecule is CCCCC(C=O)(CC)CS(=O)(=O)c1ccc(NO)cc1Cc1ccccc1. The van der Waals surface area contributed by atoms with Gasteiger partial charge < -0.3 is 4.79 Å². The van der Waals surface area contributed by atoms with Crippen LogP contribution in [0.2, 0.25) is 0 Å². The second-order valence-electron chi connectivity index (χ2n) is 7.29. The molecule has 0 aromatic heterocycles. The second kappa shape index (κ2) is 9.85. The highest BCUT2D eigenvalue weighted by Crippen LogP contribution is 2.33. The zero-order valence-corrected chi connectivity index (χ0v) is 17.3. The highest BCUT2D eigenvalue weighted by Gasteiger charge is 2.35. The molecule has 6 heteroatoms. The molecule has 0 spiro atoms. The van der Waals surface area contributed by atoms with E-state index in [1.54, 1.807) is 6.07 Å². The van der Waals surface area contributed by atoms with E-state index in [-0.39, 0.29) is 10.6 Å². The van der Waals surface area contributed by atoms with E-state index < -0.39 is 15.3 Å². The smallest absolute Gasteiger partial charge is 0.179 e. The molecule has 0 saturated heterocycles. The van der Waals surface area contributed by atoms with E-state index in [4.69, 9.17) is 0 Å². The number of rotatable bonds is 11. The van der Waals surface area contributed by atoms with Crippen LogP contribution in [0.25, 0.3) is 0 Å². The number of hydrogen-bond acceptors (Lipinski definition) is 5. The minimum Gasteiger partial charge on any atom is -0.303 e. The van der Waals surface area contributed by atoms with Crippen LogP contribution in [0, 0.1) is 5.41 Å². The van der Waals surface area contributed by atoms with Crippen molar-refractivity contribution in [1.82, 2.24) is 0 Å². The van der Waals surface area contributed by atoms with Gasteiger partial charge in [0.05, 0.1) is 16.3 Å². The molecule has 28 heavy (non-hydrogen) atoms. The predicted molar refractivity (Wildman–Crippen MR) is 111 cm³/mol. The molecule has 0 radical (unpaired) electrons. The molecule has 2 rings (SSSR count). The van der Waals surface area contributed by atoms with Gasteiger partial charge in [-0.3, -0.25) is 10.7 Å². The molecule has 0 aliphatic rings. The van der Waals surface area contributed by atoms with Crippen molar-refractivity contribution < 1.29 is 18.4 Å². The standard InChI is InChI=1S/C22H29NO4S/c1-3-5-13-22(4-2,16-24)17-28(26,27)21-12-11-20(23-25)15-19(21)14-18-9-7-6-8-10-18/h6-12,15-16,23,25H,3-5,13-14,17H2,1-2H3. The Morgan fingerprint density at radius 3 is 2.39 bits per heavy atom. The molecule has 0 saturated carbocycles. The summed E-state index contributed by atoms with van der Waals surface area (Å²) < 4.78 is 26.6. The van der Waals surface area contributed by atoms with Gasteiger partial charge in [0.1, 0.15) is 6.29 Å². The molecular formula is C22H29NO4S. The maximum atomic E-state index is 13.3. The van der Waals surface area contributed by atoms with Gasteiger partial charge in [-0.05, 0) is 48.6 Å². The van der Waals surface area contributed by atoms with Gasteiger partial charge >= 0.3 is 0 Å². The van der Waals surface area contributed by atoms with Crippen LogP contribution in [-0.2, 0) is 21.1 Å². The van der Waals surface area contributed by atoms with Crippen LogP contribution >= 0.6 is 0 Å². The van der Waals surface area contributed by atoms with Crippen LogP contribution in [0.15, 0.2) is 53.4 Å². The van der Waals surface area contributed by atoms with Crippen molar-refractivity contribution in [2.75, 3.05) is 11.2 Å². The number of hydrogen-bond donors (Lipinski definition) is 2. The molecule has 1 unspecified atom stereocenters. The molecular weight excluding hydrogens is 374 g/mol. The van der Waals surface area contributed by atoms with Gasteiger partial charge in [0.15, 0.2) is 9.84 Å². The van der Waals surface area contributed by atoms with Gasteiger partial charge in [0.25, 0.3) is 0 Å². The summed E-state index contributed by atoms with van der Waals surface area (Å²) >= 11 is 0. The summed E-state index contributed by atoms with van der Waals surface area (Å²) in [6.07, 6.45) is 4.01. The van der Waals surface area contributed by atoms with E-state index in [2.05, 4.69) is 5.48 Å². The van der Waals surface area contributed by atoms with E-state index in [1.165, 1.54) is 12.1 Å². The quantitative estimate of drug-likeness (QED) is 0.422. The minimum atomic E-state index is -3.69. The van der Waals surface area contributed by atoms with Crippen molar-refractivity contribution >= 4 is 21.8 Å². The Labute approximate surface area is 167 Å². The lowest BCUT2D eigenvalue weighted by Gasteiger charge is -2.27. The average molecular weight is 404 g/mol. The van der Waals surface area contributed by atoms with Gasteiger partial charge in [0.2, 0.25) is 0 Å². The number of sulfone groups is 1. The van der Waals surface area contributed by atoms with Gasteiger partial charge in [-0.1, -0.05) is 57.0 Å². The molecule has 0 aliphatic carbocycles. The Bertz CT molecular complexity index is 881. The molecule has 2 aromatic carbocycles. The van der Waals surface area contributed by atoms with Crippen molar-refractivity contribution in [1.29, 1.82) is 0 Å². The number of aldehydes is 1. The zero-order valence-electron chi connectivity index (χ0n) is 16.5. The fourth-order valence-corrected chi connectivity index (χ4v) is 5.55. The summed E-state index contributed by atoms with van der Waals surface area (Å²) in [5.74, 6) is -0.201. The molecule has 0 aliphatic heterocycles. The maximum Gasteiger partial charge on any atom is 0.179 e. The summed E-state index contributed by atoms with van der Waals surface area (Å²) in [4.78, 5) is 12.1. The second-order valence-corrected chi connectivity index (χ2v) is 9.25. The number of benzene rings is 2. The van der Waals surface area contributed by atoms with E-state index in [9.17, 15) is 18.4 Å². The predicted octanol–water partition coefficient (Wildman–Crippen LogP) is 4.64. The van der Waals surface area contributed by atoms with Gasteiger partial charge in [0, 0.05) is 5.41 Å². The Morgan fingerprint density at radius 1 is 1.11 bits per heavy atom. The number of unbranched alkanes of at least 4 members (excludes halogenated alkanes) is 1. The van der Waals surface area contributed by atoms with Crippen LogP contribution in [0.1, 0.15) is 50.7 Å². The van der Waals surface area contributed by atoms with Crippen LogP contribution in [0.5, 0.6) is 0 Å². The van der Waals surface area contributed by atoms with Gasteiger partial charge in [-0.2, -0.15) is 0 Å². The molecule has 0 fully saturated rings. The summed E-state index contributed by atoms with van der Waals surface area (Å²) in [7, 11) is -3.69. The fraction of sp³-hybridized carbons (Fsp3) is 0.409. The van der Waals surface area contributed by atoms with Crippen LogP contribution in [0.4, 0.5) is 5.69 Å². The van der Waals surface area contributed by atoms with Crippen molar-refractivity contribution in [3.05, 3.63) is 59.7 Å². The Kier molecular flexibility index (Phi) is 7.78. The number of carbonyl (C=O) groups excluding carboxylic acids is 1. The number of carbonyl (C=O) groups is 1. The Balaban J connectivity index is 2.44. The van der Waals surface area contributed by atoms with Crippen LogP contribution < -0.4 is 5.48 Å². The average Bonchev–Trinajstić information content (AvgIpc) is 2.71. The first-order valence-corrected chi connectivity index (χ1v) is 11.3. The largest absolute Gasteiger partial charge is 0.303 e. The highest BCUT2D eigenvalue weighted by molar-refractivity contribution is 7.91. The van der Waals surface area contributed by atoms with Crippen molar-refractivity contribution in [3.8, 4) is 0 Å². The molecule has 2 N–H and O–H groups in total. The summed E-state index contributed by atoms with van der Waals surface area (Å²) in [5, 5.41) is 9.24. The summed E-state index contributed by atoms with van der Waals surface area (Å²) in [6.45, 7) is 3.89. The molecule has 2 aromatic rings. The molecule has 0 heterocycles. The van der Waals surface area contributed by atoms with E-state index in [0.29, 0.717) is 30.5 Å². The normalized spacial score (nSPS) is 13.7. The number of nitrogens with one attached hydrogen (secondary N) is 1. The fourth-order valence-electron chi connectivity index (χ4n) is 3.42. The maximum absolute atomic E-state index is 13.3. The lowest BCUT2D eigenvalue weighted by atomic mass is 9.84. The zero-order chi connectivity index (χ0) is 20.6. The lowest BCUT2D eigenvalue weighted by Crippen LogP contribution is -2.32. The van der Waals surface area contributed by atoms with Crippen LogP contribution in [-0.4, -0.2) is 25.7 Å². The monoisotopic (exact) mass is 403 g/mol. The molecule has 0 bridgehead atoms.